The van der Waals surface area contributed by atoms with E-state index in [0.29, 0.717) is 0 Å². The zero-order valence-electron chi connectivity index (χ0n) is 34.6. The Morgan fingerprint density at radius 3 is 1.67 bits per heavy atom. The summed E-state index contributed by atoms with van der Waals surface area (Å²) in [6.45, 7) is 14.6. The number of benzene rings is 8. The van der Waals surface area contributed by atoms with Gasteiger partial charge in [0.15, 0.2) is 0 Å². The van der Waals surface area contributed by atoms with Crippen molar-refractivity contribution in [3.05, 3.63) is 198 Å². The molecule has 0 saturated carbocycles. The van der Waals surface area contributed by atoms with Crippen LogP contribution in [-0.4, -0.2) is 0 Å². The highest BCUT2D eigenvalue weighted by Gasteiger charge is 2.41. The van der Waals surface area contributed by atoms with Gasteiger partial charge < -0.3 is 4.90 Å². The molecule has 0 aliphatic heterocycles. The van der Waals surface area contributed by atoms with E-state index in [9.17, 15) is 0 Å². The lowest BCUT2D eigenvalue weighted by molar-refractivity contribution is 0.333. The van der Waals surface area contributed by atoms with Gasteiger partial charge in [0.25, 0.3) is 0 Å². The molecule has 8 aromatic carbocycles. The second-order valence-electron chi connectivity index (χ2n) is 18.4. The van der Waals surface area contributed by atoms with Crippen LogP contribution in [0.25, 0.3) is 55.3 Å². The van der Waals surface area contributed by atoms with Crippen molar-refractivity contribution in [1.82, 2.24) is 0 Å². The van der Waals surface area contributed by atoms with Crippen molar-refractivity contribution in [2.75, 3.05) is 4.90 Å². The van der Waals surface area contributed by atoms with Gasteiger partial charge >= 0.3 is 0 Å². The van der Waals surface area contributed by atoms with Crippen LogP contribution in [0.3, 0.4) is 0 Å². The highest BCUT2D eigenvalue weighted by atomic mass is 15.1. The summed E-state index contributed by atoms with van der Waals surface area (Å²) < 4.78 is 0. The van der Waals surface area contributed by atoms with Gasteiger partial charge in [0.1, 0.15) is 0 Å². The monoisotopic (exact) mass is 749 g/mol. The molecule has 10 rings (SSSR count). The van der Waals surface area contributed by atoms with E-state index >= 15 is 0 Å². The molecule has 284 valence electrons. The number of fused-ring (bicyclic) bond motifs is 5. The van der Waals surface area contributed by atoms with E-state index < -0.39 is 0 Å². The highest BCUT2D eigenvalue weighted by molar-refractivity contribution is 6.03. The predicted octanol–water partition coefficient (Wildman–Crippen LogP) is 16.0. The van der Waals surface area contributed by atoms with Gasteiger partial charge in [-0.05, 0) is 121 Å². The van der Waals surface area contributed by atoms with E-state index in [4.69, 9.17) is 0 Å². The fourth-order valence-corrected chi connectivity index (χ4v) is 10.2. The van der Waals surface area contributed by atoms with Gasteiger partial charge in [0, 0.05) is 22.1 Å². The van der Waals surface area contributed by atoms with Crippen LogP contribution in [0.2, 0.25) is 0 Å². The van der Waals surface area contributed by atoms with Crippen molar-refractivity contribution in [3.63, 3.8) is 0 Å². The number of nitrogens with zero attached hydrogens (tertiary/aromatic N) is 1. The van der Waals surface area contributed by atoms with Crippen LogP contribution < -0.4 is 4.90 Å². The number of anilines is 3. The number of hydrogen-bond donors (Lipinski definition) is 0. The van der Waals surface area contributed by atoms with Crippen molar-refractivity contribution >= 4 is 27.8 Å². The maximum Gasteiger partial charge on any atom is 0.0543 e. The quantitative estimate of drug-likeness (QED) is 0.164. The van der Waals surface area contributed by atoms with Crippen molar-refractivity contribution < 1.29 is 0 Å². The van der Waals surface area contributed by atoms with E-state index in [2.05, 4.69) is 222 Å². The molecule has 0 bridgehead atoms. The minimum Gasteiger partial charge on any atom is -0.309 e. The van der Waals surface area contributed by atoms with Crippen LogP contribution in [0.15, 0.2) is 176 Å². The molecule has 0 unspecified atom stereocenters. The first kappa shape index (κ1) is 36.2. The predicted molar refractivity (Wildman–Crippen MR) is 248 cm³/mol. The van der Waals surface area contributed by atoms with Crippen molar-refractivity contribution in [3.8, 4) is 44.5 Å². The van der Waals surface area contributed by atoms with Gasteiger partial charge in [-0.1, -0.05) is 187 Å². The lowest BCUT2D eigenvalue weighted by Gasteiger charge is -2.43. The maximum atomic E-state index is 2.56. The van der Waals surface area contributed by atoms with Crippen molar-refractivity contribution in [2.45, 2.75) is 70.6 Å². The summed E-state index contributed by atoms with van der Waals surface area (Å²) >= 11 is 0. The zero-order valence-corrected chi connectivity index (χ0v) is 34.6. The van der Waals surface area contributed by atoms with Crippen LogP contribution in [0.1, 0.15) is 76.6 Å². The molecule has 0 radical (unpaired) electrons. The Balaban J connectivity index is 1.23. The molecule has 0 amide bonds. The summed E-state index contributed by atoms with van der Waals surface area (Å²) in [7, 11) is 0. The minimum atomic E-state index is -0.156. The van der Waals surface area contributed by atoms with Crippen LogP contribution in [-0.2, 0) is 16.2 Å². The molecular weight excluding hydrogens is 699 g/mol. The molecular formula is C57H51N. The lowest BCUT2D eigenvalue weighted by atomic mass is 9.61. The third kappa shape index (κ3) is 5.82. The van der Waals surface area contributed by atoms with E-state index in [-0.39, 0.29) is 16.2 Å². The molecule has 0 atom stereocenters. The number of rotatable bonds is 6. The van der Waals surface area contributed by atoms with Gasteiger partial charge in [-0.25, -0.2) is 0 Å². The Bertz CT molecular complexity index is 2830. The normalized spacial score (nSPS) is 15.7. The summed E-state index contributed by atoms with van der Waals surface area (Å²) in [5, 5.41) is 2.46. The Morgan fingerprint density at radius 2 is 0.931 bits per heavy atom. The Labute approximate surface area is 344 Å². The molecule has 0 spiro atoms. The molecule has 0 fully saturated rings. The Hall–Kier alpha value is -6.18. The highest BCUT2D eigenvalue weighted by Crippen LogP contribution is 2.56. The third-order valence-electron chi connectivity index (χ3n) is 13.5. The molecule has 58 heavy (non-hydrogen) atoms. The van der Waals surface area contributed by atoms with E-state index in [1.165, 1.54) is 95.3 Å². The lowest BCUT2D eigenvalue weighted by Crippen LogP contribution is -2.34. The van der Waals surface area contributed by atoms with Crippen LogP contribution in [0.5, 0.6) is 0 Å². The van der Waals surface area contributed by atoms with Crippen LogP contribution in [0.4, 0.5) is 17.1 Å². The average Bonchev–Trinajstić information content (AvgIpc) is 3.48. The first-order valence-corrected chi connectivity index (χ1v) is 21.0. The molecule has 0 aromatic heterocycles. The fraction of sp³-hybridized carbons (Fsp3) is 0.193. The molecule has 2 aliphatic carbocycles. The minimum absolute atomic E-state index is 0.0247. The molecule has 0 saturated heterocycles. The first-order valence-electron chi connectivity index (χ1n) is 21.0. The third-order valence-corrected chi connectivity index (χ3v) is 13.5. The van der Waals surface area contributed by atoms with Gasteiger partial charge in [0.2, 0.25) is 0 Å². The zero-order chi connectivity index (χ0) is 39.8. The van der Waals surface area contributed by atoms with E-state index in [1.807, 2.05) is 0 Å². The molecule has 8 aromatic rings. The maximum absolute atomic E-state index is 2.56. The van der Waals surface area contributed by atoms with Gasteiger partial charge in [-0.15, -0.1) is 0 Å². The Kier molecular flexibility index (Phi) is 8.39. The van der Waals surface area contributed by atoms with Gasteiger partial charge in [-0.2, -0.15) is 0 Å². The Morgan fingerprint density at radius 1 is 0.379 bits per heavy atom. The fourth-order valence-electron chi connectivity index (χ4n) is 10.2. The summed E-state index contributed by atoms with van der Waals surface area (Å²) in [6.07, 6.45) is 2.33. The largest absolute Gasteiger partial charge is 0.309 e. The first-order chi connectivity index (χ1) is 28.0. The second kappa shape index (κ2) is 13.5. The SMILES string of the molecule is CC1(C)CCC(C)(C)c2c(-c3cc4c(cc3N(c3ccc(-c5ccc(-c6ccccc6)cc5)cc3)c3cccc5ccccc35)C(C)(C)c3ccccc3-4)cccc21. The summed E-state index contributed by atoms with van der Waals surface area (Å²) in [4.78, 5) is 2.56. The van der Waals surface area contributed by atoms with E-state index in [1.54, 1.807) is 0 Å². The van der Waals surface area contributed by atoms with Crippen molar-refractivity contribution in [2.24, 2.45) is 0 Å². The van der Waals surface area contributed by atoms with E-state index in [0.717, 1.165) is 12.1 Å². The topological polar surface area (TPSA) is 3.24 Å². The number of hydrogen-bond acceptors (Lipinski definition) is 1. The standard InChI is InChI=1S/C57H51N/c1-55(2)34-35-56(3,4)54-46(22-15-24-50(54)55)48-36-47-45-21-12-13-23-49(45)57(5,6)51(47)37-53(48)58(52-25-14-19-42-18-10-11-20-44(42)52)43-32-30-41(31-33-43)40-28-26-39(27-29-40)38-16-8-7-9-17-38/h7-33,36-37H,34-35H2,1-6H3. The molecule has 0 N–H and O–H groups in total. The van der Waals surface area contributed by atoms with Crippen LogP contribution >= 0.6 is 0 Å². The molecule has 1 nitrogen and oxygen atoms in total. The smallest absolute Gasteiger partial charge is 0.0543 e. The summed E-state index contributed by atoms with van der Waals surface area (Å²) in [5.74, 6) is 0. The summed E-state index contributed by atoms with van der Waals surface area (Å²) in [6, 6.07) is 65.7. The molecule has 1 heteroatoms. The van der Waals surface area contributed by atoms with Crippen molar-refractivity contribution in [1.29, 1.82) is 0 Å². The van der Waals surface area contributed by atoms with Crippen LogP contribution in [0, 0.1) is 0 Å². The average molecular weight is 750 g/mol. The second-order valence-corrected chi connectivity index (χ2v) is 18.4. The molecule has 0 heterocycles. The summed E-state index contributed by atoms with van der Waals surface area (Å²) in [5.41, 5.74) is 19.4. The van der Waals surface area contributed by atoms with Gasteiger partial charge in [-0.3, -0.25) is 0 Å². The molecule has 2 aliphatic rings. The van der Waals surface area contributed by atoms with Gasteiger partial charge in [0.05, 0.1) is 11.4 Å².